The molecule has 0 saturated heterocycles. The molecule has 0 N–H and O–H groups in total. The van der Waals surface area contributed by atoms with Gasteiger partial charge in [-0.25, -0.2) is 0 Å². The van der Waals surface area contributed by atoms with Crippen LogP contribution >= 0.6 is 27.3 Å². The van der Waals surface area contributed by atoms with E-state index < -0.39 is 0 Å². The van der Waals surface area contributed by atoms with E-state index in [-0.39, 0.29) is 0 Å². The smallest absolute Gasteiger partial charge is 0.154 e. The first-order chi connectivity index (χ1) is 9.78. The van der Waals surface area contributed by atoms with Crippen molar-refractivity contribution in [3.05, 3.63) is 62.8 Å². The molecule has 0 bridgehead atoms. The van der Waals surface area contributed by atoms with E-state index in [0.717, 1.165) is 25.7 Å². The first kappa shape index (κ1) is 13.3. The first-order valence-electron chi connectivity index (χ1n) is 6.12. The van der Waals surface area contributed by atoms with Crippen molar-refractivity contribution in [2.75, 3.05) is 0 Å². The highest BCUT2D eigenvalue weighted by Gasteiger charge is 2.08. The molecular weight excluding hydrogens is 336 g/mol. The minimum Gasteiger partial charge on any atom is -0.487 e. The van der Waals surface area contributed by atoms with Crippen LogP contribution in [0.15, 0.2) is 52.3 Å². The second kappa shape index (κ2) is 5.77. The molecule has 1 heterocycles. The van der Waals surface area contributed by atoms with Gasteiger partial charge in [-0.15, -0.1) is 11.3 Å². The lowest BCUT2D eigenvalue weighted by Gasteiger charge is -2.09. The zero-order chi connectivity index (χ0) is 13.9. The number of hydrogen-bond donors (Lipinski definition) is 0. The molecule has 0 radical (unpaired) electrons. The lowest BCUT2D eigenvalue weighted by molar-refractivity contribution is 0.112. The predicted molar refractivity (Wildman–Crippen MR) is 85.7 cm³/mol. The van der Waals surface area contributed by atoms with Crippen molar-refractivity contribution in [2.24, 2.45) is 0 Å². The third-order valence-corrected chi connectivity index (χ3v) is 4.64. The summed E-state index contributed by atoms with van der Waals surface area (Å²) in [5.74, 6) is 0.628. The van der Waals surface area contributed by atoms with Crippen LogP contribution in [-0.4, -0.2) is 6.29 Å². The molecule has 0 aliphatic rings. The Balaban J connectivity index is 1.93. The van der Waals surface area contributed by atoms with Crippen molar-refractivity contribution < 1.29 is 9.53 Å². The molecule has 3 rings (SSSR count). The van der Waals surface area contributed by atoms with E-state index in [1.807, 2.05) is 48.5 Å². The topological polar surface area (TPSA) is 26.3 Å². The number of aldehydes is 1. The van der Waals surface area contributed by atoms with Crippen LogP contribution in [0, 0.1) is 0 Å². The Labute approximate surface area is 129 Å². The van der Waals surface area contributed by atoms with Gasteiger partial charge in [-0.3, -0.25) is 4.79 Å². The maximum Gasteiger partial charge on any atom is 0.154 e. The molecule has 100 valence electrons. The predicted octanol–water partition coefficient (Wildman–Crippen LogP) is 5.06. The van der Waals surface area contributed by atoms with Crippen LogP contribution in [0.2, 0.25) is 0 Å². The summed E-state index contributed by atoms with van der Waals surface area (Å²) in [5, 5.41) is 1.97. The average molecular weight is 347 g/mol. The van der Waals surface area contributed by atoms with Gasteiger partial charge < -0.3 is 4.74 Å². The Morgan fingerprint density at radius 2 is 1.95 bits per heavy atom. The third kappa shape index (κ3) is 2.62. The molecule has 2 nitrogen and oxygen atoms in total. The van der Waals surface area contributed by atoms with Crippen molar-refractivity contribution in [3.8, 4) is 5.75 Å². The van der Waals surface area contributed by atoms with E-state index in [0.29, 0.717) is 17.9 Å². The van der Waals surface area contributed by atoms with E-state index in [1.54, 1.807) is 11.3 Å². The lowest BCUT2D eigenvalue weighted by atomic mass is 10.0. The molecule has 0 atom stereocenters. The fourth-order valence-corrected chi connectivity index (χ4v) is 3.50. The van der Waals surface area contributed by atoms with E-state index in [9.17, 15) is 4.79 Å². The molecule has 1 aromatic heterocycles. The number of benzene rings is 2. The van der Waals surface area contributed by atoms with E-state index >= 15 is 0 Å². The second-order valence-corrected chi connectivity index (χ2v) is 6.86. The fourth-order valence-electron chi connectivity index (χ4n) is 2.10. The first-order valence-corrected chi connectivity index (χ1v) is 7.73. The Hall–Kier alpha value is -1.65. The summed E-state index contributed by atoms with van der Waals surface area (Å²) in [6, 6.07) is 15.6. The lowest BCUT2D eigenvalue weighted by Crippen LogP contribution is -1.97. The summed E-state index contributed by atoms with van der Waals surface area (Å²) in [6.07, 6.45) is 0.863. The maximum atomic E-state index is 11.4. The molecule has 3 aromatic rings. The molecule has 0 spiro atoms. The summed E-state index contributed by atoms with van der Waals surface area (Å²) in [5.41, 5.74) is 0.610. The van der Waals surface area contributed by atoms with Gasteiger partial charge in [-0.2, -0.15) is 0 Å². The standard InChI is InChI=1S/C16H11BrO2S/c17-16-8-6-12(20-16)10-19-15-7-5-11-3-1-2-4-13(11)14(15)9-18/h1-9H,10H2. The van der Waals surface area contributed by atoms with Crippen LogP contribution in [0.4, 0.5) is 0 Å². The minimum absolute atomic E-state index is 0.468. The van der Waals surface area contributed by atoms with Crippen molar-refractivity contribution >= 4 is 44.3 Å². The van der Waals surface area contributed by atoms with Crippen molar-refractivity contribution in [2.45, 2.75) is 6.61 Å². The quantitative estimate of drug-likeness (QED) is 0.617. The molecule has 0 aliphatic carbocycles. The number of carbonyl (C=O) groups is 1. The van der Waals surface area contributed by atoms with Crippen LogP contribution in [-0.2, 0) is 6.61 Å². The van der Waals surface area contributed by atoms with Gasteiger partial charge in [0.2, 0.25) is 0 Å². The minimum atomic E-state index is 0.468. The van der Waals surface area contributed by atoms with Crippen LogP contribution in [0.5, 0.6) is 5.75 Å². The normalized spacial score (nSPS) is 10.7. The number of fused-ring (bicyclic) bond motifs is 1. The molecule has 20 heavy (non-hydrogen) atoms. The number of thiophene rings is 1. The molecule has 2 aromatic carbocycles. The number of carbonyl (C=O) groups excluding carboxylic acids is 1. The van der Waals surface area contributed by atoms with Gasteiger partial charge in [-0.1, -0.05) is 30.3 Å². The Bertz CT molecular complexity index is 764. The monoisotopic (exact) mass is 346 g/mol. The van der Waals surface area contributed by atoms with Crippen LogP contribution in [0.3, 0.4) is 0 Å². The molecule has 0 amide bonds. The summed E-state index contributed by atoms with van der Waals surface area (Å²) in [4.78, 5) is 12.5. The summed E-state index contributed by atoms with van der Waals surface area (Å²) < 4.78 is 6.87. The molecule has 0 saturated carbocycles. The van der Waals surface area contributed by atoms with E-state index in [4.69, 9.17) is 4.74 Å². The number of rotatable bonds is 4. The molecule has 0 fully saturated rings. The summed E-state index contributed by atoms with van der Waals surface area (Å²) >= 11 is 5.05. The molecule has 0 aliphatic heterocycles. The number of halogens is 1. The van der Waals surface area contributed by atoms with E-state index in [2.05, 4.69) is 15.9 Å². The van der Waals surface area contributed by atoms with Gasteiger partial charge in [0.05, 0.1) is 9.35 Å². The number of ether oxygens (including phenoxy) is 1. The van der Waals surface area contributed by atoms with Crippen molar-refractivity contribution in [1.29, 1.82) is 0 Å². The maximum absolute atomic E-state index is 11.4. The van der Waals surface area contributed by atoms with E-state index in [1.165, 1.54) is 0 Å². The average Bonchev–Trinajstić information content (AvgIpc) is 2.90. The van der Waals surface area contributed by atoms with Crippen LogP contribution in [0.25, 0.3) is 10.8 Å². The van der Waals surface area contributed by atoms with Gasteiger partial charge in [-0.05, 0) is 44.9 Å². The highest BCUT2D eigenvalue weighted by atomic mass is 79.9. The Morgan fingerprint density at radius 3 is 2.70 bits per heavy atom. The van der Waals surface area contributed by atoms with Gasteiger partial charge in [0.1, 0.15) is 12.4 Å². The largest absolute Gasteiger partial charge is 0.487 e. The van der Waals surface area contributed by atoms with Crippen molar-refractivity contribution in [1.82, 2.24) is 0 Å². The molecular formula is C16H11BrO2S. The van der Waals surface area contributed by atoms with Gasteiger partial charge in [0, 0.05) is 4.88 Å². The van der Waals surface area contributed by atoms with Crippen LogP contribution in [0.1, 0.15) is 15.2 Å². The summed E-state index contributed by atoms with van der Waals surface area (Å²) in [7, 11) is 0. The summed E-state index contributed by atoms with van der Waals surface area (Å²) in [6.45, 7) is 0.468. The molecule has 4 heteroatoms. The highest BCUT2D eigenvalue weighted by Crippen LogP contribution is 2.28. The Kier molecular flexibility index (Phi) is 3.85. The zero-order valence-corrected chi connectivity index (χ0v) is 12.9. The second-order valence-electron chi connectivity index (χ2n) is 4.31. The Morgan fingerprint density at radius 1 is 1.10 bits per heavy atom. The van der Waals surface area contributed by atoms with Gasteiger partial charge in [0.25, 0.3) is 0 Å². The van der Waals surface area contributed by atoms with Crippen LogP contribution < -0.4 is 4.74 Å². The molecule has 0 unspecified atom stereocenters. The third-order valence-electron chi connectivity index (χ3n) is 3.05. The number of hydrogen-bond acceptors (Lipinski definition) is 3. The van der Waals surface area contributed by atoms with Crippen molar-refractivity contribution in [3.63, 3.8) is 0 Å². The zero-order valence-electron chi connectivity index (χ0n) is 10.5. The fraction of sp³-hybridized carbons (Fsp3) is 0.0625. The van der Waals surface area contributed by atoms with Gasteiger partial charge >= 0.3 is 0 Å². The SMILES string of the molecule is O=Cc1c(OCc2ccc(Br)s2)ccc2ccccc12. The van der Waals surface area contributed by atoms with Gasteiger partial charge in [0.15, 0.2) is 6.29 Å². The highest BCUT2D eigenvalue weighted by molar-refractivity contribution is 9.11.